The van der Waals surface area contributed by atoms with Gasteiger partial charge in [0, 0.05) is 24.7 Å². The number of aliphatic imine (C=N–C) groups is 1. The fraction of sp³-hybridized carbons (Fsp3) is 0.500. The maximum absolute atomic E-state index is 5.92. The molecule has 1 atom stereocenters. The van der Waals surface area contributed by atoms with Crippen LogP contribution in [0.4, 0.5) is 0 Å². The first-order valence-electron chi connectivity index (χ1n) is 6.46. The van der Waals surface area contributed by atoms with Crippen molar-refractivity contribution in [2.45, 2.75) is 25.9 Å². The van der Waals surface area contributed by atoms with Crippen LogP contribution in [-0.2, 0) is 4.74 Å². The Balaban J connectivity index is 2.21. The number of ether oxygens (including phenoxy) is 1. The Morgan fingerprint density at radius 3 is 2.83 bits per heavy atom. The Kier molecular flexibility index (Phi) is 5.02. The molecule has 0 fully saturated rings. The van der Waals surface area contributed by atoms with Crippen molar-refractivity contribution in [3.63, 3.8) is 0 Å². The molecule has 4 heteroatoms. The topological polar surface area (TPSA) is 33.6 Å². The maximum Gasteiger partial charge on any atom is 0.139 e. The van der Waals surface area contributed by atoms with Crippen molar-refractivity contribution in [3.05, 3.63) is 34.9 Å². The average Bonchev–Trinajstić information content (AvgIpc) is 2.66. The third kappa shape index (κ3) is 3.47. The van der Waals surface area contributed by atoms with Gasteiger partial charge in [0.15, 0.2) is 0 Å². The number of hydrogen-bond acceptors (Lipinski definition) is 3. The summed E-state index contributed by atoms with van der Waals surface area (Å²) in [6.45, 7) is 4.50. The summed E-state index contributed by atoms with van der Waals surface area (Å²) in [4.78, 5) is 4.59. The average molecular weight is 267 g/mol. The number of nitrogens with one attached hydrogen (secondary N) is 1. The molecule has 1 heterocycles. The van der Waals surface area contributed by atoms with E-state index in [1.165, 1.54) is 0 Å². The van der Waals surface area contributed by atoms with Gasteiger partial charge in [0.05, 0.1) is 0 Å². The molecule has 0 aliphatic carbocycles. The number of amidine groups is 1. The molecule has 0 spiro atoms. The second kappa shape index (κ2) is 6.76. The van der Waals surface area contributed by atoms with Crippen molar-refractivity contribution in [2.24, 2.45) is 4.99 Å². The van der Waals surface area contributed by atoms with Crippen LogP contribution in [0.3, 0.4) is 0 Å². The third-order valence-corrected chi connectivity index (χ3v) is 3.18. The van der Waals surface area contributed by atoms with Crippen LogP contribution in [0.25, 0.3) is 0 Å². The van der Waals surface area contributed by atoms with Crippen molar-refractivity contribution in [2.75, 3.05) is 19.7 Å². The molecule has 2 rings (SSSR count). The van der Waals surface area contributed by atoms with E-state index in [1.807, 2.05) is 31.2 Å². The molecule has 3 nitrogen and oxygen atoms in total. The molecule has 0 bridgehead atoms. The monoisotopic (exact) mass is 266 g/mol. The van der Waals surface area contributed by atoms with E-state index >= 15 is 0 Å². The fourth-order valence-electron chi connectivity index (χ4n) is 2.02. The van der Waals surface area contributed by atoms with Gasteiger partial charge in [-0.1, -0.05) is 23.7 Å². The highest BCUT2D eigenvalue weighted by Gasteiger charge is 2.19. The highest BCUT2D eigenvalue weighted by atomic mass is 35.5. The molecule has 1 aliphatic heterocycles. The van der Waals surface area contributed by atoms with Gasteiger partial charge >= 0.3 is 0 Å². The lowest BCUT2D eigenvalue weighted by molar-refractivity contribution is 0.108. The molecule has 1 aromatic rings. The lowest BCUT2D eigenvalue weighted by Gasteiger charge is -2.20. The van der Waals surface area contributed by atoms with Crippen LogP contribution in [0.15, 0.2) is 29.3 Å². The first-order chi connectivity index (χ1) is 8.81. The summed E-state index contributed by atoms with van der Waals surface area (Å²) in [5.74, 6) is 0.941. The third-order valence-electron chi connectivity index (χ3n) is 2.93. The van der Waals surface area contributed by atoms with E-state index in [9.17, 15) is 0 Å². The molecule has 18 heavy (non-hydrogen) atoms. The van der Waals surface area contributed by atoms with Gasteiger partial charge in [-0.25, -0.2) is 0 Å². The molecule has 98 valence electrons. The minimum absolute atomic E-state index is 0.106. The van der Waals surface area contributed by atoms with Crippen LogP contribution < -0.4 is 5.32 Å². The first kappa shape index (κ1) is 13.4. The molecule has 0 saturated heterocycles. The van der Waals surface area contributed by atoms with Crippen molar-refractivity contribution in [1.82, 2.24) is 5.32 Å². The van der Waals surface area contributed by atoms with Gasteiger partial charge in [0.25, 0.3) is 0 Å². The van der Waals surface area contributed by atoms with E-state index in [2.05, 4.69) is 10.3 Å². The quantitative estimate of drug-likeness (QED) is 0.908. The van der Waals surface area contributed by atoms with Crippen molar-refractivity contribution in [3.8, 4) is 0 Å². The number of rotatable bonds is 4. The predicted molar refractivity (Wildman–Crippen MR) is 75.4 cm³/mol. The number of benzene rings is 1. The van der Waals surface area contributed by atoms with Gasteiger partial charge in [-0.2, -0.15) is 0 Å². The molecule has 1 aliphatic rings. The minimum atomic E-state index is -0.106. The van der Waals surface area contributed by atoms with Crippen LogP contribution in [0, 0.1) is 0 Å². The zero-order chi connectivity index (χ0) is 12.8. The molecule has 1 aromatic carbocycles. The second-order valence-electron chi connectivity index (χ2n) is 4.29. The summed E-state index contributed by atoms with van der Waals surface area (Å²) < 4.78 is 5.83. The van der Waals surface area contributed by atoms with Crippen molar-refractivity contribution < 1.29 is 4.74 Å². The molecule has 0 amide bonds. The smallest absolute Gasteiger partial charge is 0.139 e. The van der Waals surface area contributed by atoms with Crippen molar-refractivity contribution >= 4 is 17.4 Å². The molecular formula is C14H19ClN2O. The Bertz CT molecular complexity index is 403. The van der Waals surface area contributed by atoms with Crippen LogP contribution in [-0.4, -0.2) is 25.5 Å². The molecule has 0 saturated carbocycles. The van der Waals surface area contributed by atoms with E-state index < -0.39 is 0 Å². The van der Waals surface area contributed by atoms with Crippen LogP contribution in [0.2, 0.25) is 5.02 Å². The zero-order valence-corrected chi connectivity index (χ0v) is 11.4. The van der Waals surface area contributed by atoms with E-state index in [0.717, 1.165) is 42.4 Å². The van der Waals surface area contributed by atoms with Crippen molar-refractivity contribution in [1.29, 1.82) is 0 Å². The van der Waals surface area contributed by atoms with Crippen LogP contribution >= 0.6 is 11.6 Å². The maximum atomic E-state index is 5.92. The van der Waals surface area contributed by atoms with Crippen LogP contribution in [0.5, 0.6) is 0 Å². The minimum Gasteiger partial charge on any atom is -0.371 e. The van der Waals surface area contributed by atoms with Gasteiger partial charge in [0.1, 0.15) is 11.9 Å². The summed E-state index contributed by atoms with van der Waals surface area (Å²) in [6, 6.07) is 7.77. The highest BCUT2D eigenvalue weighted by molar-refractivity contribution is 6.30. The summed E-state index contributed by atoms with van der Waals surface area (Å²) in [5, 5.41) is 4.11. The Hall–Kier alpha value is -1.06. The predicted octanol–water partition coefficient (Wildman–Crippen LogP) is 3.20. The van der Waals surface area contributed by atoms with Gasteiger partial charge in [0.2, 0.25) is 0 Å². The number of nitrogens with zero attached hydrogens (tertiary/aromatic N) is 1. The van der Waals surface area contributed by atoms with E-state index in [1.54, 1.807) is 0 Å². The number of halogens is 1. The first-order valence-corrected chi connectivity index (χ1v) is 6.84. The largest absolute Gasteiger partial charge is 0.371 e. The lowest BCUT2D eigenvalue weighted by atomic mass is 10.1. The SMILES string of the molecule is CCOC(C1=NCCCCN1)c1ccc(Cl)cc1. The molecule has 1 unspecified atom stereocenters. The Morgan fingerprint density at radius 1 is 1.33 bits per heavy atom. The molecule has 0 radical (unpaired) electrons. The van der Waals surface area contributed by atoms with Gasteiger partial charge in [-0.05, 0) is 37.5 Å². The number of hydrogen-bond donors (Lipinski definition) is 1. The van der Waals surface area contributed by atoms with E-state index in [-0.39, 0.29) is 6.10 Å². The second-order valence-corrected chi connectivity index (χ2v) is 4.72. The van der Waals surface area contributed by atoms with E-state index in [0.29, 0.717) is 6.61 Å². The summed E-state index contributed by atoms with van der Waals surface area (Å²) >= 11 is 5.92. The van der Waals surface area contributed by atoms with Gasteiger partial charge in [-0.15, -0.1) is 0 Å². The van der Waals surface area contributed by atoms with E-state index in [4.69, 9.17) is 16.3 Å². The Labute approximate surface area is 113 Å². The van der Waals surface area contributed by atoms with Gasteiger partial charge in [-0.3, -0.25) is 4.99 Å². The fourth-order valence-corrected chi connectivity index (χ4v) is 2.15. The lowest BCUT2D eigenvalue weighted by Crippen LogP contribution is -2.31. The standard InChI is InChI=1S/C14H19ClN2O/c1-2-18-13(11-5-7-12(15)8-6-11)14-16-9-3-4-10-17-14/h5-8,13H,2-4,9-10H2,1H3,(H,16,17). The molecular weight excluding hydrogens is 248 g/mol. The van der Waals surface area contributed by atoms with Gasteiger partial charge < -0.3 is 10.1 Å². The summed E-state index contributed by atoms with van der Waals surface area (Å²) in [7, 11) is 0. The summed E-state index contributed by atoms with van der Waals surface area (Å²) in [6.07, 6.45) is 2.19. The molecule has 0 aromatic heterocycles. The summed E-state index contributed by atoms with van der Waals surface area (Å²) in [5.41, 5.74) is 1.09. The molecule has 1 N–H and O–H groups in total. The zero-order valence-electron chi connectivity index (χ0n) is 10.7. The normalized spacial score (nSPS) is 17.6. The van der Waals surface area contributed by atoms with Crippen LogP contribution in [0.1, 0.15) is 31.4 Å². The Morgan fingerprint density at radius 2 is 2.11 bits per heavy atom. The highest BCUT2D eigenvalue weighted by Crippen LogP contribution is 2.21.